The first kappa shape index (κ1) is 16.6. The second kappa shape index (κ2) is 7.53. The molecular formula is C19H17FN4O. The van der Waals surface area contributed by atoms with Crippen molar-refractivity contribution in [2.24, 2.45) is 0 Å². The van der Waals surface area contributed by atoms with Gasteiger partial charge in [-0.25, -0.2) is 4.98 Å². The molecule has 1 N–H and O–H groups in total. The van der Waals surface area contributed by atoms with Crippen LogP contribution in [0.15, 0.2) is 67.0 Å². The Morgan fingerprint density at radius 1 is 1.08 bits per heavy atom. The fourth-order valence-corrected chi connectivity index (χ4v) is 2.34. The number of anilines is 2. The van der Waals surface area contributed by atoms with Crippen LogP contribution in [0.2, 0.25) is 0 Å². The zero-order chi connectivity index (χ0) is 17.6. The minimum Gasteiger partial charge on any atom is -0.366 e. The van der Waals surface area contributed by atoms with Gasteiger partial charge in [0.25, 0.3) is 5.91 Å². The molecule has 0 fully saturated rings. The van der Waals surface area contributed by atoms with Crippen molar-refractivity contribution in [2.45, 2.75) is 6.54 Å². The van der Waals surface area contributed by atoms with Gasteiger partial charge in [-0.2, -0.15) is 4.39 Å². The van der Waals surface area contributed by atoms with E-state index in [2.05, 4.69) is 15.3 Å². The first-order chi connectivity index (χ1) is 12.1. The number of benzene rings is 1. The van der Waals surface area contributed by atoms with Crippen LogP contribution < -0.4 is 10.2 Å². The number of aromatic nitrogens is 2. The lowest BCUT2D eigenvalue weighted by Gasteiger charge is -2.17. The topological polar surface area (TPSA) is 58.1 Å². The largest absolute Gasteiger partial charge is 0.366 e. The Morgan fingerprint density at radius 2 is 1.80 bits per heavy atom. The van der Waals surface area contributed by atoms with Gasteiger partial charge < -0.3 is 10.2 Å². The lowest BCUT2D eigenvalue weighted by atomic mass is 10.1. The Labute approximate surface area is 145 Å². The van der Waals surface area contributed by atoms with Gasteiger partial charge in [-0.1, -0.05) is 18.2 Å². The molecule has 0 saturated heterocycles. The number of carbonyl (C=O) groups is 1. The van der Waals surface area contributed by atoms with Crippen molar-refractivity contribution in [1.29, 1.82) is 0 Å². The van der Waals surface area contributed by atoms with Gasteiger partial charge >= 0.3 is 0 Å². The number of nitrogens with zero attached hydrogens (tertiary/aromatic N) is 3. The molecule has 0 spiro atoms. The summed E-state index contributed by atoms with van der Waals surface area (Å²) in [5.74, 6) is -0.136. The van der Waals surface area contributed by atoms with E-state index in [1.54, 1.807) is 48.6 Å². The highest BCUT2D eigenvalue weighted by Crippen LogP contribution is 2.17. The van der Waals surface area contributed by atoms with Crippen molar-refractivity contribution in [3.05, 3.63) is 84.1 Å². The number of carbonyl (C=O) groups excluding carboxylic acids is 1. The molecule has 3 aromatic rings. The Morgan fingerprint density at radius 3 is 2.48 bits per heavy atom. The molecule has 0 saturated carbocycles. The summed E-state index contributed by atoms with van der Waals surface area (Å²) in [5.41, 5.74) is 2.37. The third-order valence-electron chi connectivity index (χ3n) is 3.74. The third-order valence-corrected chi connectivity index (χ3v) is 3.74. The summed E-state index contributed by atoms with van der Waals surface area (Å²) < 4.78 is 13.1. The molecule has 6 heteroatoms. The van der Waals surface area contributed by atoms with E-state index in [9.17, 15) is 9.18 Å². The summed E-state index contributed by atoms with van der Waals surface area (Å²) in [6.45, 7) is 0.513. The van der Waals surface area contributed by atoms with Gasteiger partial charge in [0.1, 0.15) is 5.82 Å². The van der Waals surface area contributed by atoms with Crippen LogP contribution in [0.1, 0.15) is 15.9 Å². The molecule has 126 valence electrons. The van der Waals surface area contributed by atoms with Gasteiger partial charge in [-0.05, 0) is 42.0 Å². The highest BCUT2D eigenvalue weighted by Gasteiger charge is 2.12. The minimum absolute atomic E-state index is 0.0998. The Bertz CT molecular complexity index is 853. The molecule has 1 amide bonds. The van der Waals surface area contributed by atoms with Crippen molar-refractivity contribution in [1.82, 2.24) is 9.97 Å². The molecular weight excluding hydrogens is 319 g/mol. The van der Waals surface area contributed by atoms with Gasteiger partial charge in [0.15, 0.2) is 0 Å². The Hall–Kier alpha value is -3.28. The molecule has 5 nitrogen and oxygen atoms in total. The number of hydrogen-bond acceptors (Lipinski definition) is 4. The maximum absolute atomic E-state index is 13.1. The standard InChI is InChI=1S/C19H17FN4O/c1-24(19(25)15-9-11-21-12-10-15)16-7-5-14(6-8-16)13-22-18-4-2-3-17(20)23-18/h2-12H,13H2,1H3,(H,22,23). The van der Waals surface area contributed by atoms with Gasteiger partial charge in [0.2, 0.25) is 5.95 Å². The lowest BCUT2D eigenvalue weighted by Crippen LogP contribution is -2.26. The van der Waals surface area contributed by atoms with Crippen molar-refractivity contribution in [3.63, 3.8) is 0 Å². The quantitative estimate of drug-likeness (QED) is 0.725. The average Bonchev–Trinajstić information content (AvgIpc) is 2.66. The lowest BCUT2D eigenvalue weighted by molar-refractivity contribution is 0.0993. The van der Waals surface area contributed by atoms with E-state index in [1.165, 1.54) is 6.07 Å². The van der Waals surface area contributed by atoms with Gasteiger partial charge in [0, 0.05) is 37.2 Å². The summed E-state index contributed by atoms with van der Waals surface area (Å²) in [5, 5.41) is 3.06. The molecule has 0 aliphatic rings. The van der Waals surface area contributed by atoms with Crippen LogP contribution >= 0.6 is 0 Å². The highest BCUT2D eigenvalue weighted by molar-refractivity contribution is 6.05. The summed E-state index contributed by atoms with van der Waals surface area (Å²) in [4.78, 5) is 21.7. The fourth-order valence-electron chi connectivity index (χ4n) is 2.34. The average molecular weight is 336 g/mol. The van der Waals surface area contributed by atoms with E-state index in [4.69, 9.17) is 0 Å². The maximum Gasteiger partial charge on any atom is 0.258 e. The monoisotopic (exact) mass is 336 g/mol. The predicted octanol–water partition coefficient (Wildman–Crippen LogP) is 3.50. The smallest absolute Gasteiger partial charge is 0.258 e. The Balaban J connectivity index is 1.64. The van der Waals surface area contributed by atoms with Crippen LogP contribution in [-0.4, -0.2) is 22.9 Å². The second-order valence-corrected chi connectivity index (χ2v) is 5.47. The van der Waals surface area contributed by atoms with Crippen LogP contribution in [0.4, 0.5) is 15.9 Å². The van der Waals surface area contributed by atoms with Crippen molar-refractivity contribution in [2.75, 3.05) is 17.3 Å². The number of hydrogen-bond donors (Lipinski definition) is 1. The molecule has 0 aliphatic carbocycles. The van der Waals surface area contributed by atoms with E-state index < -0.39 is 5.95 Å². The van der Waals surface area contributed by atoms with Crippen molar-refractivity contribution < 1.29 is 9.18 Å². The molecule has 25 heavy (non-hydrogen) atoms. The molecule has 0 unspecified atom stereocenters. The van der Waals surface area contributed by atoms with Crippen LogP contribution in [0.5, 0.6) is 0 Å². The second-order valence-electron chi connectivity index (χ2n) is 5.47. The van der Waals surface area contributed by atoms with Crippen molar-refractivity contribution >= 4 is 17.4 Å². The zero-order valence-electron chi connectivity index (χ0n) is 13.7. The fraction of sp³-hybridized carbons (Fsp3) is 0.105. The minimum atomic E-state index is -0.517. The number of rotatable bonds is 5. The van der Waals surface area contributed by atoms with Crippen LogP contribution in [0.3, 0.4) is 0 Å². The molecule has 2 heterocycles. The first-order valence-corrected chi connectivity index (χ1v) is 7.77. The number of halogens is 1. The summed E-state index contributed by atoms with van der Waals surface area (Å²) in [7, 11) is 1.73. The highest BCUT2D eigenvalue weighted by atomic mass is 19.1. The van der Waals surface area contributed by atoms with E-state index in [0.717, 1.165) is 11.3 Å². The molecule has 0 bridgehead atoms. The van der Waals surface area contributed by atoms with E-state index in [-0.39, 0.29) is 5.91 Å². The third kappa shape index (κ3) is 4.17. The van der Waals surface area contributed by atoms with E-state index in [0.29, 0.717) is 17.9 Å². The van der Waals surface area contributed by atoms with Crippen LogP contribution in [-0.2, 0) is 6.54 Å². The predicted molar refractivity (Wildman–Crippen MR) is 94.9 cm³/mol. The molecule has 3 rings (SSSR count). The SMILES string of the molecule is CN(C(=O)c1ccncc1)c1ccc(CNc2cccc(F)n2)cc1. The van der Waals surface area contributed by atoms with Gasteiger partial charge in [-0.15, -0.1) is 0 Å². The summed E-state index contributed by atoms with van der Waals surface area (Å²) in [6, 6.07) is 15.5. The molecule has 1 aromatic carbocycles. The van der Waals surface area contributed by atoms with Crippen molar-refractivity contribution in [3.8, 4) is 0 Å². The summed E-state index contributed by atoms with van der Waals surface area (Å²) in [6.07, 6.45) is 3.19. The molecule has 2 aromatic heterocycles. The van der Waals surface area contributed by atoms with Gasteiger partial charge in [0.05, 0.1) is 0 Å². The maximum atomic E-state index is 13.1. The normalized spacial score (nSPS) is 10.3. The number of nitrogens with one attached hydrogen (secondary N) is 1. The number of pyridine rings is 2. The zero-order valence-corrected chi connectivity index (χ0v) is 13.7. The van der Waals surface area contributed by atoms with E-state index >= 15 is 0 Å². The molecule has 0 atom stereocenters. The number of amides is 1. The van der Waals surface area contributed by atoms with Crippen LogP contribution in [0, 0.1) is 5.95 Å². The summed E-state index contributed by atoms with van der Waals surface area (Å²) >= 11 is 0. The Kier molecular flexibility index (Phi) is 4.99. The van der Waals surface area contributed by atoms with E-state index in [1.807, 2.05) is 24.3 Å². The van der Waals surface area contributed by atoms with Gasteiger partial charge in [-0.3, -0.25) is 9.78 Å². The first-order valence-electron chi connectivity index (χ1n) is 7.77. The molecule has 0 aliphatic heterocycles. The van der Waals surface area contributed by atoms with Crippen LogP contribution in [0.25, 0.3) is 0 Å². The molecule has 0 radical (unpaired) electrons.